The van der Waals surface area contributed by atoms with Crippen LogP contribution in [0.5, 0.6) is 0 Å². The van der Waals surface area contributed by atoms with Crippen molar-refractivity contribution in [1.29, 1.82) is 0 Å². The smallest absolute Gasteiger partial charge is 0.378 e. The van der Waals surface area contributed by atoms with Crippen molar-refractivity contribution in [3.05, 3.63) is 70.9 Å². The highest BCUT2D eigenvalue weighted by Gasteiger charge is 2.57. The maximum atomic E-state index is 14.1. The summed E-state index contributed by atoms with van der Waals surface area (Å²) in [5.74, 6) is -2.04. The highest BCUT2D eigenvalue weighted by Crippen LogP contribution is 2.50. The van der Waals surface area contributed by atoms with E-state index < -0.39 is 35.0 Å². The van der Waals surface area contributed by atoms with E-state index >= 15 is 0 Å². The molecule has 0 bridgehead atoms. The molecule has 3 aliphatic rings. The summed E-state index contributed by atoms with van der Waals surface area (Å²) in [5, 5.41) is 3.75. The Kier molecular flexibility index (Phi) is 7.24. The van der Waals surface area contributed by atoms with Gasteiger partial charge in [0, 0.05) is 55.1 Å². The zero-order valence-electron chi connectivity index (χ0n) is 23.3. The monoisotopic (exact) mass is 582 g/mol. The van der Waals surface area contributed by atoms with Crippen LogP contribution < -0.4 is 5.32 Å². The Morgan fingerprint density at radius 2 is 1.86 bits per heavy atom. The number of benzene rings is 2. The van der Waals surface area contributed by atoms with Crippen molar-refractivity contribution in [2.24, 2.45) is 11.8 Å². The van der Waals surface area contributed by atoms with Crippen LogP contribution in [0.15, 0.2) is 48.5 Å². The van der Waals surface area contributed by atoms with E-state index in [1.54, 1.807) is 9.80 Å². The van der Waals surface area contributed by atoms with E-state index in [9.17, 15) is 27.6 Å². The predicted octanol–water partition coefficient (Wildman–Crippen LogP) is 3.99. The van der Waals surface area contributed by atoms with Crippen LogP contribution in [0.3, 0.4) is 0 Å². The molecule has 3 atom stereocenters. The van der Waals surface area contributed by atoms with Gasteiger partial charge in [0.05, 0.1) is 30.2 Å². The van der Waals surface area contributed by atoms with E-state index in [0.29, 0.717) is 44.8 Å². The molecule has 3 aliphatic heterocycles. The molecular formula is C31H33F3N4O4. The molecule has 11 heteroatoms. The van der Waals surface area contributed by atoms with Crippen molar-refractivity contribution >= 4 is 28.6 Å². The summed E-state index contributed by atoms with van der Waals surface area (Å²) >= 11 is 0. The average molecular weight is 583 g/mol. The van der Waals surface area contributed by atoms with Gasteiger partial charge in [-0.3, -0.25) is 14.4 Å². The Bertz CT molecular complexity index is 1530. The van der Waals surface area contributed by atoms with E-state index in [1.807, 2.05) is 31.2 Å². The number of H-pyrrole nitrogens is 1. The Balaban J connectivity index is 1.26. The third kappa shape index (κ3) is 4.93. The van der Waals surface area contributed by atoms with Crippen LogP contribution in [-0.2, 0) is 43.8 Å². The van der Waals surface area contributed by atoms with E-state index in [2.05, 4.69) is 10.3 Å². The number of piperidine rings is 1. The fourth-order valence-corrected chi connectivity index (χ4v) is 6.89. The second kappa shape index (κ2) is 10.8. The number of alkyl halides is 3. The largest absolute Gasteiger partial charge is 0.416 e. The summed E-state index contributed by atoms with van der Waals surface area (Å²) in [6, 6.07) is 12.7. The summed E-state index contributed by atoms with van der Waals surface area (Å²) in [4.78, 5) is 48.2. The topological polar surface area (TPSA) is 94.7 Å². The first-order valence-electron chi connectivity index (χ1n) is 14.3. The number of amides is 3. The molecule has 4 heterocycles. The first kappa shape index (κ1) is 28.3. The minimum absolute atomic E-state index is 0.0702. The first-order chi connectivity index (χ1) is 20.1. The number of nitrogens with one attached hydrogen (secondary N) is 2. The number of ether oxygens (including phenoxy) is 1. The van der Waals surface area contributed by atoms with Gasteiger partial charge in [0.2, 0.25) is 17.7 Å². The molecule has 2 saturated heterocycles. The maximum absolute atomic E-state index is 14.1. The van der Waals surface area contributed by atoms with Gasteiger partial charge in [-0.05, 0) is 49.1 Å². The lowest BCUT2D eigenvalue weighted by molar-refractivity contribution is -0.166. The Hall–Kier alpha value is -3.86. The number of nitrogens with zero attached hydrogens (tertiary/aromatic N) is 2. The minimum Gasteiger partial charge on any atom is -0.378 e. The van der Waals surface area contributed by atoms with Gasteiger partial charge in [0.25, 0.3) is 0 Å². The van der Waals surface area contributed by atoms with Crippen LogP contribution >= 0.6 is 0 Å². The molecule has 3 aromatic rings. The molecule has 222 valence electrons. The molecule has 42 heavy (non-hydrogen) atoms. The lowest BCUT2D eigenvalue weighted by atomic mass is 9.67. The van der Waals surface area contributed by atoms with Crippen molar-refractivity contribution in [3.8, 4) is 0 Å². The highest BCUT2D eigenvalue weighted by molar-refractivity contribution is 5.93. The fraction of sp³-hybridized carbons (Fsp3) is 0.452. The lowest BCUT2D eigenvalue weighted by Crippen LogP contribution is -2.65. The highest BCUT2D eigenvalue weighted by atomic mass is 19.4. The fourth-order valence-electron chi connectivity index (χ4n) is 6.89. The summed E-state index contributed by atoms with van der Waals surface area (Å²) < 4.78 is 44.8. The molecule has 0 spiro atoms. The Labute approximate surface area is 241 Å². The number of hydrogen-bond donors (Lipinski definition) is 2. The lowest BCUT2D eigenvalue weighted by Gasteiger charge is -2.54. The van der Waals surface area contributed by atoms with E-state index in [1.165, 1.54) is 12.1 Å². The molecule has 2 N–H and O–H groups in total. The number of hydrogen-bond acceptors (Lipinski definition) is 4. The molecule has 6 rings (SSSR count). The SMILES string of the molecule is C[C@]12c3[nH]c4ccccc4c3CCN1C(=O)C(CC(=O)NCc1cccc(C(F)(F)F)c1)C[C@@H]2C(=O)N1CCOCC1. The summed E-state index contributed by atoms with van der Waals surface area (Å²) in [7, 11) is 0. The van der Waals surface area contributed by atoms with Gasteiger partial charge in [-0.25, -0.2) is 0 Å². The van der Waals surface area contributed by atoms with Crippen LogP contribution in [-0.4, -0.2) is 65.4 Å². The van der Waals surface area contributed by atoms with Gasteiger partial charge >= 0.3 is 6.18 Å². The molecule has 0 radical (unpaired) electrons. The Morgan fingerprint density at radius 1 is 1.10 bits per heavy atom. The van der Waals surface area contributed by atoms with Crippen molar-refractivity contribution in [2.45, 2.75) is 44.4 Å². The zero-order chi connectivity index (χ0) is 29.6. The molecule has 1 unspecified atom stereocenters. The molecule has 1 aromatic heterocycles. The molecule has 2 fully saturated rings. The van der Waals surface area contributed by atoms with Crippen LogP contribution in [0.25, 0.3) is 10.9 Å². The summed E-state index contributed by atoms with van der Waals surface area (Å²) in [5.41, 5.74) is 1.51. The molecular weight excluding hydrogens is 549 g/mol. The van der Waals surface area contributed by atoms with Crippen molar-refractivity contribution < 1.29 is 32.3 Å². The molecule has 0 aliphatic carbocycles. The molecule has 3 amide bonds. The maximum Gasteiger partial charge on any atom is 0.416 e. The number of aromatic amines is 1. The third-order valence-electron chi connectivity index (χ3n) is 9.08. The summed E-state index contributed by atoms with van der Waals surface area (Å²) in [6.07, 6.45) is -3.83. The number of carbonyl (C=O) groups is 3. The molecule has 8 nitrogen and oxygen atoms in total. The van der Waals surface area contributed by atoms with Crippen LogP contribution in [0.4, 0.5) is 13.2 Å². The quantitative estimate of drug-likeness (QED) is 0.476. The zero-order valence-corrected chi connectivity index (χ0v) is 23.3. The molecule has 2 aromatic carbocycles. The van der Waals surface area contributed by atoms with E-state index in [-0.39, 0.29) is 31.2 Å². The van der Waals surface area contributed by atoms with Crippen molar-refractivity contribution in [2.75, 3.05) is 32.8 Å². The van der Waals surface area contributed by atoms with E-state index in [4.69, 9.17) is 4.74 Å². The first-order valence-corrected chi connectivity index (χ1v) is 14.3. The second-order valence-electron chi connectivity index (χ2n) is 11.5. The van der Waals surface area contributed by atoms with E-state index in [0.717, 1.165) is 34.3 Å². The molecule has 0 saturated carbocycles. The minimum atomic E-state index is -4.48. The van der Waals surface area contributed by atoms with Gasteiger partial charge in [-0.15, -0.1) is 0 Å². The number of para-hydroxylation sites is 1. The normalized spacial score (nSPS) is 24.3. The van der Waals surface area contributed by atoms with Crippen molar-refractivity contribution in [1.82, 2.24) is 20.1 Å². The van der Waals surface area contributed by atoms with Gasteiger partial charge in [-0.1, -0.05) is 30.3 Å². The number of fused-ring (bicyclic) bond motifs is 5. The van der Waals surface area contributed by atoms with Gasteiger partial charge in [0.1, 0.15) is 0 Å². The van der Waals surface area contributed by atoms with Crippen LogP contribution in [0, 0.1) is 11.8 Å². The Morgan fingerprint density at radius 3 is 2.62 bits per heavy atom. The van der Waals surface area contributed by atoms with Gasteiger partial charge in [-0.2, -0.15) is 13.2 Å². The van der Waals surface area contributed by atoms with Crippen LogP contribution in [0.2, 0.25) is 0 Å². The second-order valence-corrected chi connectivity index (χ2v) is 11.5. The number of aromatic nitrogens is 1. The van der Waals surface area contributed by atoms with Crippen LogP contribution in [0.1, 0.15) is 42.1 Å². The number of carbonyl (C=O) groups excluding carboxylic acids is 3. The summed E-state index contributed by atoms with van der Waals surface area (Å²) in [6.45, 7) is 4.07. The van der Waals surface area contributed by atoms with Crippen molar-refractivity contribution in [3.63, 3.8) is 0 Å². The number of halogens is 3. The third-order valence-corrected chi connectivity index (χ3v) is 9.08. The average Bonchev–Trinajstić information content (AvgIpc) is 3.37. The number of morpholine rings is 1. The standard InChI is InChI=1S/C31H33F3N4O4/c1-30-24(29(41)37-11-13-42-14-12-37)16-20(17-26(39)35-18-19-5-4-6-21(15-19)31(32,33)34)28(40)38(30)10-9-23-22-7-2-3-8-25(22)36-27(23)30/h2-8,15,20,24,36H,9-14,16-18H2,1H3,(H,35,39)/t20?,24-,30+/m1/s1. The number of rotatable bonds is 5. The van der Waals surface area contributed by atoms with Gasteiger partial charge < -0.3 is 24.8 Å². The van der Waals surface area contributed by atoms with Gasteiger partial charge in [0.15, 0.2) is 0 Å². The predicted molar refractivity (Wildman–Crippen MR) is 148 cm³/mol.